The molecule has 2 saturated heterocycles. The summed E-state index contributed by atoms with van der Waals surface area (Å²) in [4.78, 5) is 16.6. The minimum Gasteiger partial charge on any atom is -0.352 e. The summed E-state index contributed by atoms with van der Waals surface area (Å²) in [6.07, 6.45) is 4.15. The summed E-state index contributed by atoms with van der Waals surface area (Å²) < 4.78 is 2.11. The van der Waals surface area contributed by atoms with E-state index in [-0.39, 0.29) is 0 Å². The number of rotatable bonds is 4. The molecule has 5 heterocycles. The summed E-state index contributed by atoms with van der Waals surface area (Å²) in [5, 5.41) is 13.7. The Bertz CT molecular complexity index is 1220. The molecule has 2 aliphatic heterocycles. The standard InChI is InChI=1S/C22H26N8S/c1-2-16-11-17-21(24-14-25-22(17)31-16)29-10-8-23-20(13-29)28-9-7-15(12-28)30-19-6-4-3-5-18(19)26-27-30/h3-6,11,14-15,20,23H,2,7-10,12-13H2,1H3. The minimum absolute atomic E-state index is 0.308. The zero-order valence-electron chi connectivity index (χ0n) is 17.6. The highest BCUT2D eigenvalue weighted by atomic mass is 32.1. The van der Waals surface area contributed by atoms with Crippen LogP contribution in [0.15, 0.2) is 36.7 Å². The van der Waals surface area contributed by atoms with E-state index in [9.17, 15) is 0 Å². The molecule has 0 spiro atoms. The number of nitrogens with one attached hydrogen (secondary N) is 1. The second-order valence-electron chi connectivity index (χ2n) is 8.36. The van der Waals surface area contributed by atoms with Gasteiger partial charge in [0.15, 0.2) is 0 Å². The first-order valence-electron chi connectivity index (χ1n) is 11.1. The molecule has 9 heteroatoms. The lowest BCUT2D eigenvalue weighted by Crippen LogP contribution is -2.58. The van der Waals surface area contributed by atoms with Crippen LogP contribution in [0.1, 0.15) is 24.3 Å². The number of piperazine rings is 1. The van der Waals surface area contributed by atoms with Crippen molar-refractivity contribution in [2.24, 2.45) is 0 Å². The lowest BCUT2D eigenvalue weighted by atomic mass is 10.2. The van der Waals surface area contributed by atoms with Crippen LogP contribution in [0, 0.1) is 0 Å². The maximum atomic E-state index is 4.68. The van der Waals surface area contributed by atoms with Crippen LogP contribution in [0.2, 0.25) is 0 Å². The summed E-state index contributed by atoms with van der Waals surface area (Å²) >= 11 is 1.78. The van der Waals surface area contributed by atoms with E-state index in [4.69, 9.17) is 0 Å². The van der Waals surface area contributed by atoms with E-state index in [1.54, 1.807) is 17.7 Å². The number of hydrogen-bond donors (Lipinski definition) is 1. The number of thiophene rings is 1. The van der Waals surface area contributed by atoms with E-state index < -0.39 is 0 Å². The van der Waals surface area contributed by atoms with Crippen LogP contribution in [0.3, 0.4) is 0 Å². The molecule has 6 rings (SSSR count). The lowest BCUT2D eigenvalue weighted by Gasteiger charge is -2.39. The molecule has 31 heavy (non-hydrogen) atoms. The van der Waals surface area contributed by atoms with Gasteiger partial charge >= 0.3 is 0 Å². The van der Waals surface area contributed by atoms with Crippen LogP contribution >= 0.6 is 11.3 Å². The van der Waals surface area contributed by atoms with E-state index >= 15 is 0 Å². The average Bonchev–Trinajstić information content (AvgIpc) is 3.56. The molecule has 0 aliphatic carbocycles. The molecule has 4 aromatic rings. The molecular formula is C22H26N8S. The van der Waals surface area contributed by atoms with Crippen molar-refractivity contribution >= 4 is 38.4 Å². The number of likely N-dealkylation sites (tertiary alicyclic amines) is 1. The van der Waals surface area contributed by atoms with Crippen molar-refractivity contribution in [2.45, 2.75) is 32.0 Å². The van der Waals surface area contributed by atoms with Crippen LogP contribution in [0.25, 0.3) is 21.3 Å². The van der Waals surface area contributed by atoms with Crippen LogP contribution < -0.4 is 10.2 Å². The zero-order chi connectivity index (χ0) is 20.8. The molecule has 1 aromatic carbocycles. The maximum Gasteiger partial charge on any atom is 0.140 e. The van der Waals surface area contributed by atoms with E-state index in [2.05, 4.69) is 65.2 Å². The summed E-state index contributed by atoms with van der Waals surface area (Å²) in [7, 11) is 0. The van der Waals surface area contributed by atoms with Crippen molar-refractivity contribution in [2.75, 3.05) is 37.6 Å². The smallest absolute Gasteiger partial charge is 0.140 e. The molecule has 2 fully saturated rings. The molecule has 8 nitrogen and oxygen atoms in total. The predicted octanol–water partition coefficient (Wildman–Crippen LogP) is 2.68. The van der Waals surface area contributed by atoms with Gasteiger partial charge in [-0.2, -0.15) is 0 Å². The van der Waals surface area contributed by atoms with Crippen molar-refractivity contribution in [3.8, 4) is 0 Å². The Morgan fingerprint density at radius 2 is 2.10 bits per heavy atom. The highest BCUT2D eigenvalue weighted by molar-refractivity contribution is 7.18. The molecule has 2 atom stereocenters. The second kappa shape index (κ2) is 7.81. The monoisotopic (exact) mass is 434 g/mol. The van der Waals surface area contributed by atoms with E-state index in [1.165, 1.54) is 10.3 Å². The molecule has 0 radical (unpaired) electrons. The van der Waals surface area contributed by atoms with Gasteiger partial charge in [-0.15, -0.1) is 16.4 Å². The van der Waals surface area contributed by atoms with Crippen molar-refractivity contribution in [3.05, 3.63) is 41.5 Å². The van der Waals surface area contributed by atoms with Crippen LogP contribution in [0.5, 0.6) is 0 Å². The second-order valence-corrected chi connectivity index (χ2v) is 9.47. The van der Waals surface area contributed by atoms with Crippen LogP contribution in [0.4, 0.5) is 5.82 Å². The molecule has 1 N–H and O–H groups in total. The van der Waals surface area contributed by atoms with Crippen molar-refractivity contribution < 1.29 is 0 Å². The Kier molecular flexibility index (Phi) is 4.81. The van der Waals surface area contributed by atoms with E-state index in [0.717, 1.165) is 67.2 Å². The zero-order valence-corrected chi connectivity index (χ0v) is 18.4. The minimum atomic E-state index is 0.308. The Morgan fingerprint density at radius 1 is 1.16 bits per heavy atom. The number of aryl methyl sites for hydroxylation is 1. The van der Waals surface area contributed by atoms with E-state index in [0.29, 0.717) is 12.2 Å². The van der Waals surface area contributed by atoms with Gasteiger partial charge in [-0.05, 0) is 31.0 Å². The summed E-state index contributed by atoms with van der Waals surface area (Å²) in [5.41, 5.74) is 2.10. The fourth-order valence-electron chi connectivity index (χ4n) is 4.89. The number of para-hydroxylation sites is 1. The van der Waals surface area contributed by atoms with Gasteiger partial charge in [0, 0.05) is 37.6 Å². The highest BCUT2D eigenvalue weighted by Gasteiger charge is 2.33. The Hall–Kier alpha value is -2.62. The van der Waals surface area contributed by atoms with Crippen molar-refractivity contribution in [1.29, 1.82) is 0 Å². The van der Waals surface area contributed by atoms with Crippen molar-refractivity contribution in [1.82, 2.24) is 35.2 Å². The molecule has 0 saturated carbocycles. The van der Waals surface area contributed by atoms with Crippen molar-refractivity contribution in [3.63, 3.8) is 0 Å². The first-order chi connectivity index (χ1) is 15.3. The summed E-state index contributed by atoms with van der Waals surface area (Å²) in [6, 6.07) is 10.9. The number of aromatic nitrogens is 5. The highest BCUT2D eigenvalue weighted by Crippen LogP contribution is 2.32. The molecule has 3 aromatic heterocycles. The summed E-state index contributed by atoms with van der Waals surface area (Å²) in [6.45, 7) is 7.08. The number of benzene rings is 1. The Balaban J connectivity index is 1.21. The number of fused-ring (bicyclic) bond motifs is 2. The van der Waals surface area contributed by atoms with Gasteiger partial charge in [-0.3, -0.25) is 10.2 Å². The van der Waals surface area contributed by atoms with Gasteiger partial charge in [-0.25, -0.2) is 14.6 Å². The fraction of sp³-hybridized carbons (Fsp3) is 0.455. The maximum absolute atomic E-state index is 4.68. The third-order valence-corrected chi connectivity index (χ3v) is 7.71. The average molecular weight is 435 g/mol. The topological polar surface area (TPSA) is 75.0 Å². The first-order valence-corrected chi connectivity index (χ1v) is 11.9. The fourth-order valence-corrected chi connectivity index (χ4v) is 5.82. The Morgan fingerprint density at radius 3 is 3.03 bits per heavy atom. The predicted molar refractivity (Wildman–Crippen MR) is 124 cm³/mol. The molecular weight excluding hydrogens is 408 g/mol. The lowest BCUT2D eigenvalue weighted by molar-refractivity contribution is 0.186. The molecule has 160 valence electrons. The third kappa shape index (κ3) is 3.37. The number of nitrogens with zero attached hydrogens (tertiary/aromatic N) is 7. The quantitative estimate of drug-likeness (QED) is 0.529. The van der Waals surface area contributed by atoms with Gasteiger partial charge < -0.3 is 4.90 Å². The normalized spacial score (nSPS) is 22.7. The number of hydrogen-bond acceptors (Lipinski definition) is 8. The van der Waals surface area contributed by atoms with Gasteiger partial charge in [0.25, 0.3) is 0 Å². The van der Waals surface area contributed by atoms with Gasteiger partial charge in [0.1, 0.15) is 22.5 Å². The van der Waals surface area contributed by atoms with Gasteiger partial charge in [0.2, 0.25) is 0 Å². The Labute approximate surface area is 184 Å². The molecule has 2 aliphatic rings. The van der Waals surface area contributed by atoms with Gasteiger partial charge in [0.05, 0.1) is 23.1 Å². The van der Waals surface area contributed by atoms with Crippen LogP contribution in [-0.4, -0.2) is 68.8 Å². The SMILES string of the molecule is CCc1cc2c(N3CCNC(N4CCC(n5nnc6ccccc65)C4)C3)ncnc2s1. The summed E-state index contributed by atoms with van der Waals surface area (Å²) in [5.74, 6) is 1.07. The molecule has 0 bridgehead atoms. The first kappa shape index (κ1) is 19.1. The largest absolute Gasteiger partial charge is 0.352 e. The van der Waals surface area contributed by atoms with Gasteiger partial charge in [-0.1, -0.05) is 24.3 Å². The number of anilines is 1. The van der Waals surface area contributed by atoms with E-state index in [1.807, 2.05) is 12.1 Å². The third-order valence-electron chi connectivity index (χ3n) is 6.52. The molecule has 0 amide bonds. The van der Waals surface area contributed by atoms with Crippen LogP contribution in [-0.2, 0) is 6.42 Å². The molecule has 2 unspecified atom stereocenters.